The molecule has 5 heteroatoms. The molecule has 0 aliphatic rings. The molecule has 0 spiro atoms. The van der Waals surface area contributed by atoms with Crippen molar-refractivity contribution in [3.05, 3.63) is 52.8 Å². The Kier molecular flexibility index (Phi) is 3.48. The molecule has 18 heavy (non-hydrogen) atoms. The molecule has 0 aliphatic carbocycles. The van der Waals surface area contributed by atoms with Crippen LogP contribution < -0.4 is 5.32 Å². The van der Waals surface area contributed by atoms with Crippen LogP contribution in [0.4, 0.5) is 5.69 Å². The number of pyridine rings is 1. The molecule has 2 rings (SSSR count). The van der Waals surface area contributed by atoms with Crippen molar-refractivity contribution in [1.82, 2.24) is 4.98 Å². The second kappa shape index (κ2) is 5.06. The fraction of sp³-hybridized carbons (Fsp3) is 0.0769. The van der Waals surface area contributed by atoms with Gasteiger partial charge in [0.1, 0.15) is 10.9 Å². The van der Waals surface area contributed by atoms with Crippen molar-refractivity contribution in [2.24, 2.45) is 0 Å². The summed E-state index contributed by atoms with van der Waals surface area (Å²) in [5, 5.41) is 12.6. The first-order valence-corrected chi connectivity index (χ1v) is 5.66. The molecule has 1 aromatic carbocycles. The van der Waals surface area contributed by atoms with Gasteiger partial charge in [0.15, 0.2) is 0 Å². The number of phenols is 1. The molecule has 0 aliphatic heterocycles. The fourth-order valence-corrected chi connectivity index (χ4v) is 1.52. The van der Waals surface area contributed by atoms with E-state index in [9.17, 15) is 9.90 Å². The molecule has 1 amide bonds. The fourth-order valence-electron chi connectivity index (χ4n) is 1.40. The number of carbonyl (C=O) groups excluding carboxylic acids is 1. The molecular weight excluding hydrogens is 252 g/mol. The van der Waals surface area contributed by atoms with Crippen molar-refractivity contribution in [2.45, 2.75) is 6.92 Å². The number of nitrogens with zero attached hydrogens (tertiary/aromatic N) is 1. The molecule has 0 unspecified atom stereocenters. The van der Waals surface area contributed by atoms with E-state index in [1.165, 1.54) is 12.3 Å². The number of phenolic OH excluding ortho intramolecular Hbond substituents is 1. The minimum Gasteiger partial charge on any atom is -0.508 e. The molecule has 2 aromatic rings. The highest BCUT2D eigenvalue weighted by atomic mass is 35.5. The van der Waals surface area contributed by atoms with Gasteiger partial charge in [0.2, 0.25) is 0 Å². The van der Waals surface area contributed by atoms with E-state index in [2.05, 4.69) is 10.3 Å². The minimum absolute atomic E-state index is 0.0943. The predicted octanol–water partition coefficient (Wildman–Crippen LogP) is 3.00. The summed E-state index contributed by atoms with van der Waals surface area (Å²) < 4.78 is 0. The first-order valence-electron chi connectivity index (χ1n) is 5.29. The van der Waals surface area contributed by atoms with Crippen LogP contribution in [-0.2, 0) is 0 Å². The van der Waals surface area contributed by atoms with Crippen LogP contribution in [-0.4, -0.2) is 16.0 Å². The number of benzene rings is 1. The number of aromatic nitrogens is 1. The molecule has 1 heterocycles. The van der Waals surface area contributed by atoms with Crippen molar-refractivity contribution >= 4 is 23.2 Å². The van der Waals surface area contributed by atoms with Gasteiger partial charge in [-0.1, -0.05) is 17.7 Å². The van der Waals surface area contributed by atoms with Gasteiger partial charge in [0, 0.05) is 5.56 Å². The highest BCUT2D eigenvalue weighted by Gasteiger charge is 2.08. The van der Waals surface area contributed by atoms with Gasteiger partial charge in [-0.2, -0.15) is 0 Å². The standard InChI is InChI=1S/C13H11ClN2O2/c1-8-2-3-9(6-11(8)17)13(18)16-10-4-5-12(14)15-7-10/h2-7,17H,1H3,(H,16,18). The Morgan fingerprint density at radius 1 is 1.33 bits per heavy atom. The van der Waals surface area contributed by atoms with Gasteiger partial charge in [-0.25, -0.2) is 4.98 Å². The molecule has 0 radical (unpaired) electrons. The maximum atomic E-state index is 11.9. The summed E-state index contributed by atoms with van der Waals surface area (Å²) in [7, 11) is 0. The Morgan fingerprint density at radius 2 is 2.11 bits per heavy atom. The number of hydrogen-bond acceptors (Lipinski definition) is 3. The molecule has 2 N–H and O–H groups in total. The largest absolute Gasteiger partial charge is 0.508 e. The Bertz CT molecular complexity index is 582. The monoisotopic (exact) mass is 262 g/mol. The van der Waals surface area contributed by atoms with E-state index in [0.717, 1.165) is 5.56 Å². The number of aromatic hydroxyl groups is 1. The summed E-state index contributed by atoms with van der Waals surface area (Å²) in [6.45, 7) is 1.76. The normalized spacial score (nSPS) is 10.1. The molecule has 1 aromatic heterocycles. The number of hydrogen-bond donors (Lipinski definition) is 2. The van der Waals surface area contributed by atoms with Crippen LogP contribution in [0.3, 0.4) is 0 Å². The van der Waals surface area contributed by atoms with Gasteiger partial charge >= 0.3 is 0 Å². The maximum Gasteiger partial charge on any atom is 0.255 e. The van der Waals surface area contributed by atoms with Gasteiger partial charge in [-0.15, -0.1) is 0 Å². The number of anilines is 1. The third kappa shape index (κ3) is 2.78. The number of halogens is 1. The molecule has 0 atom stereocenters. The predicted molar refractivity (Wildman–Crippen MR) is 70.0 cm³/mol. The van der Waals surface area contributed by atoms with E-state index in [1.54, 1.807) is 31.2 Å². The van der Waals surface area contributed by atoms with Crippen LogP contribution in [0.2, 0.25) is 5.15 Å². The van der Waals surface area contributed by atoms with Gasteiger partial charge in [0.25, 0.3) is 5.91 Å². The Morgan fingerprint density at radius 3 is 2.72 bits per heavy atom. The van der Waals surface area contributed by atoms with Gasteiger partial charge in [0.05, 0.1) is 11.9 Å². The molecular formula is C13H11ClN2O2. The van der Waals surface area contributed by atoms with Crippen molar-refractivity contribution in [3.63, 3.8) is 0 Å². The van der Waals surface area contributed by atoms with Crippen LogP contribution in [0.15, 0.2) is 36.5 Å². The lowest BCUT2D eigenvalue weighted by Crippen LogP contribution is -2.11. The average Bonchev–Trinajstić information content (AvgIpc) is 2.35. The molecule has 4 nitrogen and oxygen atoms in total. The smallest absolute Gasteiger partial charge is 0.255 e. The van der Waals surface area contributed by atoms with Crippen molar-refractivity contribution in [1.29, 1.82) is 0 Å². The zero-order chi connectivity index (χ0) is 13.1. The number of aryl methyl sites for hydroxylation is 1. The molecule has 0 saturated carbocycles. The lowest BCUT2D eigenvalue weighted by Gasteiger charge is -2.06. The highest BCUT2D eigenvalue weighted by molar-refractivity contribution is 6.29. The van der Waals surface area contributed by atoms with Crippen LogP contribution in [0.5, 0.6) is 5.75 Å². The van der Waals surface area contributed by atoms with Crippen LogP contribution in [0.1, 0.15) is 15.9 Å². The van der Waals surface area contributed by atoms with E-state index in [1.807, 2.05) is 0 Å². The van der Waals surface area contributed by atoms with Gasteiger partial charge in [-0.3, -0.25) is 4.79 Å². The summed E-state index contributed by atoms with van der Waals surface area (Å²) in [6.07, 6.45) is 1.47. The lowest BCUT2D eigenvalue weighted by atomic mass is 10.1. The zero-order valence-corrected chi connectivity index (χ0v) is 10.4. The summed E-state index contributed by atoms with van der Waals surface area (Å²) in [5.41, 5.74) is 1.65. The molecule has 0 saturated heterocycles. The van der Waals surface area contributed by atoms with E-state index in [4.69, 9.17) is 11.6 Å². The van der Waals surface area contributed by atoms with E-state index >= 15 is 0 Å². The van der Waals surface area contributed by atoms with Crippen LogP contribution >= 0.6 is 11.6 Å². The summed E-state index contributed by atoms with van der Waals surface area (Å²) in [4.78, 5) is 15.7. The number of rotatable bonds is 2. The van der Waals surface area contributed by atoms with Crippen molar-refractivity contribution < 1.29 is 9.90 Å². The van der Waals surface area contributed by atoms with Gasteiger partial charge in [-0.05, 0) is 36.8 Å². The first kappa shape index (κ1) is 12.4. The summed E-state index contributed by atoms with van der Waals surface area (Å²) >= 11 is 5.65. The van der Waals surface area contributed by atoms with E-state index < -0.39 is 0 Å². The zero-order valence-electron chi connectivity index (χ0n) is 9.64. The maximum absolute atomic E-state index is 11.9. The Labute approximate surface area is 109 Å². The third-order valence-electron chi connectivity index (χ3n) is 2.46. The summed E-state index contributed by atoms with van der Waals surface area (Å²) in [5.74, 6) is -0.216. The SMILES string of the molecule is Cc1ccc(C(=O)Nc2ccc(Cl)nc2)cc1O. The number of nitrogens with one attached hydrogen (secondary N) is 1. The van der Waals surface area contributed by atoms with E-state index in [-0.39, 0.29) is 11.7 Å². The minimum atomic E-state index is -0.311. The highest BCUT2D eigenvalue weighted by Crippen LogP contribution is 2.18. The third-order valence-corrected chi connectivity index (χ3v) is 2.68. The van der Waals surface area contributed by atoms with Crippen LogP contribution in [0, 0.1) is 6.92 Å². The molecule has 0 bridgehead atoms. The Balaban J connectivity index is 2.16. The number of carbonyl (C=O) groups is 1. The number of amides is 1. The lowest BCUT2D eigenvalue weighted by molar-refractivity contribution is 0.102. The summed E-state index contributed by atoms with van der Waals surface area (Å²) in [6, 6.07) is 8.00. The van der Waals surface area contributed by atoms with Gasteiger partial charge < -0.3 is 10.4 Å². The van der Waals surface area contributed by atoms with E-state index in [0.29, 0.717) is 16.4 Å². The van der Waals surface area contributed by atoms with Crippen LogP contribution in [0.25, 0.3) is 0 Å². The first-order chi connectivity index (χ1) is 8.56. The second-order valence-corrected chi connectivity index (χ2v) is 4.21. The molecule has 0 fully saturated rings. The van der Waals surface area contributed by atoms with Crippen molar-refractivity contribution in [3.8, 4) is 5.75 Å². The van der Waals surface area contributed by atoms with Crippen molar-refractivity contribution in [2.75, 3.05) is 5.32 Å². The average molecular weight is 263 g/mol. The quantitative estimate of drug-likeness (QED) is 0.818. The molecule has 92 valence electrons. The second-order valence-electron chi connectivity index (χ2n) is 3.82. The Hall–Kier alpha value is -2.07. The topological polar surface area (TPSA) is 62.2 Å².